The van der Waals surface area contributed by atoms with E-state index in [0.29, 0.717) is 12.8 Å². The number of rotatable bonds is 42. The molecule has 17 unspecified atom stereocenters. The van der Waals surface area contributed by atoms with Gasteiger partial charge in [-0.3, -0.25) is 4.79 Å². The van der Waals surface area contributed by atoms with E-state index in [4.69, 9.17) is 28.4 Å². The Kier molecular flexibility index (Phi) is 35.5. The van der Waals surface area contributed by atoms with Gasteiger partial charge in [0.15, 0.2) is 18.9 Å². The van der Waals surface area contributed by atoms with Crippen LogP contribution in [0.4, 0.5) is 0 Å². The zero-order valence-electron chi connectivity index (χ0n) is 44.6. The van der Waals surface area contributed by atoms with E-state index in [1.54, 1.807) is 0 Å². The van der Waals surface area contributed by atoms with E-state index in [0.717, 1.165) is 44.9 Å². The van der Waals surface area contributed by atoms with Crippen molar-refractivity contribution < 1.29 is 89.4 Å². The number of carbonyl (C=O) groups excluding carboxylic acids is 1. The first-order valence-corrected chi connectivity index (χ1v) is 28.8. The maximum Gasteiger partial charge on any atom is 0.220 e. The van der Waals surface area contributed by atoms with Crippen molar-refractivity contribution >= 4 is 5.91 Å². The molecule has 432 valence electrons. The van der Waals surface area contributed by atoms with Crippen LogP contribution >= 0.6 is 0 Å². The molecule has 19 nitrogen and oxygen atoms in total. The highest BCUT2D eigenvalue weighted by molar-refractivity contribution is 5.76. The third kappa shape index (κ3) is 24.1. The van der Waals surface area contributed by atoms with Crippen molar-refractivity contribution in [1.29, 1.82) is 0 Å². The van der Waals surface area contributed by atoms with Crippen molar-refractivity contribution in [2.75, 3.05) is 26.4 Å². The van der Waals surface area contributed by atoms with Gasteiger partial charge in [-0.1, -0.05) is 187 Å². The lowest BCUT2D eigenvalue weighted by atomic mass is 9.96. The zero-order chi connectivity index (χ0) is 53.4. The van der Waals surface area contributed by atoms with Crippen LogP contribution in [-0.4, -0.2) is 193 Å². The molecule has 0 aromatic heterocycles. The number of hydrogen-bond acceptors (Lipinski definition) is 18. The molecule has 0 spiro atoms. The highest BCUT2D eigenvalue weighted by Gasteiger charge is 2.53. The van der Waals surface area contributed by atoms with Crippen molar-refractivity contribution in [2.45, 2.75) is 311 Å². The molecular weight excluding hydrogens is 951 g/mol. The van der Waals surface area contributed by atoms with E-state index in [1.807, 2.05) is 0 Å². The summed E-state index contributed by atoms with van der Waals surface area (Å²) in [5.41, 5.74) is 0. The molecule has 17 atom stereocenters. The number of ether oxygens (including phenoxy) is 6. The Morgan fingerprint density at radius 2 is 0.781 bits per heavy atom. The minimum absolute atomic E-state index is 0.245. The normalized spacial score (nSPS) is 31.7. The Labute approximate surface area is 436 Å². The molecule has 0 aromatic rings. The van der Waals surface area contributed by atoms with Crippen molar-refractivity contribution in [2.24, 2.45) is 0 Å². The summed E-state index contributed by atoms with van der Waals surface area (Å²) >= 11 is 0. The fourth-order valence-corrected chi connectivity index (χ4v) is 10.1. The molecule has 3 saturated heterocycles. The van der Waals surface area contributed by atoms with Gasteiger partial charge in [-0.05, 0) is 12.8 Å². The number of aliphatic hydroxyl groups excluding tert-OH is 11. The lowest BCUT2D eigenvalue weighted by Crippen LogP contribution is -2.66. The summed E-state index contributed by atoms with van der Waals surface area (Å²) in [6.07, 6.45) is 7.82. The predicted molar refractivity (Wildman–Crippen MR) is 273 cm³/mol. The Morgan fingerprint density at radius 1 is 0.438 bits per heavy atom. The molecule has 0 aliphatic carbocycles. The maximum absolute atomic E-state index is 13.2. The SMILES string of the molecule is CCCCCCCCCCCCCCCCCCCCCC(O)C(COC1OC(CO)C(OC2OC(CO)C(OC3OC(CO)C(O)C(O)C3O)C(O)C2O)C(O)C1O)NC(=O)CCCCCCCCCCC. The molecule has 0 radical (unpaired) electrons. The van der Waals surface area contributed by atoms with Crippen LogP contribution in [0.25, 0.3) is 0 Å². The Balaban J connectivity index is 1.49. The van der Waals surface area contributed by atoms with E-state index >= 15 is 0 Å². The van der Waals surface area contributed by atoms with Crippen LogP contribution in [0.3, 0.4) is 0 Å². The number of nitrogens with one attached hydrogen (secondary N) is 1. The lowest BCUT2D eigenvalue weighted by Gasteiger charge is -2.48. The van der Waals surface area contributed by atoms with Crippen molar-refractivity contribution in [3.63, 3.8) is 0 Å². The van der Waals surface area contributed by atoms with Crippen molar-refractivity contribution in [1.82, 2.24) is 5.32 Å². The standard InChI is InChI=1S/C54H103NO18/c1-3-5-7-9-11-13-14-15-16-17-18-19-20-21-22-24-25-27-29-31-38(59)37(55-42(60)32-30-28-26-23-12-10-8-6-4-2)36-68-52-48(66)45(63)50(40(34-57)70-52)73-54-49(67)46(64)51(41(35-58)71-54)72-53-47(65)44(62)43(61)39(33-56)69-53/h37-41,43-54,56-59,61-67H,3-36H2,1-2H3,(H,55,60). The minimum atomic E-state index is -1.97. The minimum Gasteiger partial charge on any atom is -0.394 e. The maximum atomic E-state index is 13.2. The highest BCUT2D eigenvalue weighted by Crippen LogP contribution is 2.33. The van der Waals surface area contributed by atoms with Gasteiger partial charge in [-0.25, -0.2) is 0 Å². The second-order valence-electron chi connectivity index (χ2n) is 21.1. The van der Waals surface area contributed by atoms with E-state index in [9.17, 15) is 61.0 Å². The highest BCUT2D eigenvalue weighted by atomic mass is 16.8. The van der Waals surface area contributed by atoms with Crippen LogP contribution in [-0.2, 0) is 33.2 Å². The molecule has 3 aliphatic rings. The first-order valence-electron chi connectivity index (χ1n) is 28.8. The first-order chi connectivity index (χ1) is 35.3. The molecule has 12 N–H and O–H groups in total. The Morgan fingerprint density at radius 3 is 1.19 bits per heavy atom. The molecule has 0 saturated carbocycles. The fourth-order valence-electron chi connectivity index (χ4n) is 10.1. The fraction of sp³-hybridized carbons (Fsp3) is 0.981. The summed E-state index contributed by atoms with van der Waals surface area (Å²) in [7, 11) is 0. The van der Waals surface area contributed by atoms with Crippen LogP contribution in [0, 0.1) is 0 Å². The van der Waals surface area contributed by atoms with E-state index in [1.165, 1.54) is 128 Å². The number of hydrogen-bond donors (Lipinski definition) is 12. The zero-order valence-corrected chi connectivity index (χ0v) is 44.6. The first kappa shape index (κ1) is 66.1. The smallest absolute Gasteiger partial charge is 0.220 e. The van der Waals surface area contributed by atoms with Gasteiger partial charge < -0.3 is 89.9 Å². The monoisotopic (exact) mass is 1050 g/mol. The van der Waals surface area contributed by atoms with Gasteiger partial charge in [-0.2, -0.15) is 0 Å². The van der Waals surface area contributed by atoms with Crippen molar-refractivity contribution in [3.05, 3.63) is 0 Å². The second kappa shape index (κ2) is 39.2. The molecule has 3 heterocycles. The van der Waals surface area contributed by atoms with Crippen LogP contribution < -0.4 is 5.32 Å². The van der Waals surface area contributed by atoms with Gasteiger partial charge in [0.25, 0.3) is 0 Å². The van der Waals surface area contributed by atoms with Crippen molar-refractivity contribution in [3.8, 4) is 0 Å². The van der Waals surface area contributed by atoms with Gasteiger partial charge in [0.2, 0.25) is 5.91 Å². The molecule has 73 heavy (non-hydrogen) atoms. The topological polar surface area (TPSA) is 307 Å². The van der Waals surface area contributed by atoms with Gasteiger partial charge in [-0.15, -0.1) is 0 Å². The number of aliphatic hydroxyl groups is 11. The summed E-state index contributed by atoms with van der Waals surface area (Å²) in [6, 6.07) is -0.878. The van der Waals surface area contributed by atoms with E-state index in [2.05, 4.69) is 19.2 Å². The second-order valence-corrected chi connectivity index (χ2v) is 21.1. The van der Waals surface area contributed by atoms with Crippen LogP contribution in [0.5, 0.6) is 0 Å². The molecule has 1 amide bonds. The summed E-state index contributed by atoms with van der Waals surface area (Å²) < 4.78 is 34.2. The summed E-state index contributed by atoms with van der Waals surface area (Å²) in [4.78, 5) is 13.2. The average molecular weight is 1050 g/mol. The third-order valence-electron chi connectivity index (χ3n) is 14.9. The van der Waals surface area contributed by atoms with E-state index < -0.39 is 124 Å². The lowest BCUT2D eigenvalue weighted by molar-refractivity contribution is -0.379. The van der Waals surface area contributed by atoms with Gasteiger partial charge in [0, 0.05) is 6.42 Å². The third-order valence-corrected chi connectivity index (χ3v) is 14.9. The summed E-state index contributed by atoms with van der Waals surface area (Å²) in [5, 5.41) is 120. The number of carbonyl (C=O) groups is 1. The number of unbranched alkanes of at least 4 members (excludes halogenated alkanes) is 26. The Bertz CT molecular complexity index is 1350. The summed E-state index contributed by atoms with van der Waals surface area (Å²) in [5.74, 6) is -0.245. The molecule has 3 rings (SSSR count). The molecule has 3 fully saturated rings. The molecule has 3 aliphatic heterocycles. The predicted octanol–water partition coefficient (Wildman–Crippen LogP) is 4.04. The number of amides is 1. The van der Waals surface area contributed by atoms with Crippen LogP contribution in [0.2, 0.25) is 0 Å². The molecule has 19 heteroatoms. The Hall–Kier alpha value is -1.21. The average Bonchev–Trinajstić information content (AvgIpc) is 3.39. The van der Waals surface area contributed by atoms with Gasteiger partial charge >= 0.3 is 0 Å². The van der Waals surface area contributed by atoms with E-state index in [-0.39, 0.29) is 18.9 Å². The molecule has 0 aromatic carbocycles. The molecule has 0 bridgehead atoms. The van der Waals surface area contributed by atoms with Crippen LogP contribution in [0.15, 0.2) is 0 Å². The largest absolute Gasteiger partial charge is 0.394 e. The quantitative estimate of drug-likeness (QED) is 0.0384. The van der Waals surface area contributed by atoms with Crippen LogP contribution in [0.1, 0.15) is 206 Å². The van der Waals surface area contributed by atoms with Gasteiger partial charge in [0.05, 0.1) is 38.6 Å². The summed E-state index contributed by atoms with van der Waals surface area (Å²) in [6.45, 7) is 1.76. The van der Waals surface area contributed by atoms with Gasteiger partial charge in [0.1, 0.15) is 73.2 Å². The molecular formula is C54H103NO18.